The number of nitro benzene ring substituents is 1. The van der Waals surface area contributed by atoms with Gasteiger partial charge < -0.3 is 14.8 Å². The first-order valence-corrected chi connectivity index (χ1v) is 7.28. The highest BCUT2D eigenvalue weighted by molar-refractivity contribution is 5.92. The van der Waals surface area contributed by atoms with Gasteiger partial charge in [0.1, 0.15) is 12.4 Å². The number of anilines is 1. The maximum absolute atomic E-state index is 12.4. The molecule has 1 aromatic heterocycles. The predicted octanol–water partition coefficient (Wildman–Crippen LogP) is 1.27. The van der Waals surface area contributed by atoms with E-state index in [1.54, 1.807) is 12.1 Å². The lowest BCUT2D eigenvalue weighted by Gasteiger charge is -2.28. The number of hydrogen-bond acceptors (Lipinski definition) is 8. The van der Waals surface area contributed by atoms with Crippen LogP contribution in [0.3, 0.4) is 0 Å². The Hall–Kier alpha value is -3.27. The third-order valence-corrected chi connectivity index (χ3v) is 3.77. The molecule has 0 amide bonds. The molecule has 1 aliphatic heterocycles. The number of benzene rings is 1. The van der Waals surface area contributed by atoms with Gasteiger partial charge in [-0.15, -0.1) is 0 Å². The number of ether oxygens (including phenoxy) is 2. The van der Waals surface area contributed by atoms with Crippen LogP contribution in [0.5, 0.6) is 0 Å². The summed E-state index contributed by atoms with van der Waals surface area (Å²) in [5.74, 6) is -0.187. The first-order valence-electron chi connectivity index (χ1n) is 7.28. The van der Waals surface area contributed by atoms with Crippen molar-refractivity contribution >= 4 is 17.6 Å². The van der Waals surface area contributed by atoms with Crippen LogP contribution in [-0.4, -0.2) is 46.5 Å². The summed E-state index contributed by atoms with van der Waals surface area (Å²) in [6.07, 6.45) is 1.33. The molecule has 2 aromatic rings. The molecule has 1 unspecified atom stereocenters. The average Bonchev–Trinajstić information content (AvgIpc) is 3.08. The summed E-state index contributed by atoms with van der Waals surface area (Å²) in [5, 5.41) is 18.2. The van der Waals surface area contributed by atoms with Crippen LogP contribution >= 0.6 is 0 Å². The Kier molecular flexibility index (Phi) is 4.44. The second-order valence-electron chi connectivity index (χ2n) is 5.22. The fourth-order valence-electron chi connectivity index (χ4n) is 2.74. The van der Waals surface area contributed by atoms with E-state index in [4.69, 9.17) is 9.47 Å². The molecule has 0 saturated carbocycles. The van der Waals surface area contributed by atoms with E-state index in [0.29, 0.717) is 17.2 Å². The Labute approximate surface area is 142 Å². The molecule has 25 heavy (non-hydrogen) atoms. The standard InChI is InChI=1S/C15H15N5O5/c1-24-7-11-12(14(21)25-2)13(19-15(18-11)16-8-17-19)9-4-3-5-10(6-9)20(22)23/h3-6,8,13H,7H2,1-2H3,(H,16,17,18). The van der Waals surface area contributed by atoms with Crippen molar-refractivity contribution in [2.24, 2.45) is 0 Å². The molecule has 0 aliphatic carbocycles. The molecular weight excluding hydrogens is 330 g/mol. The minimum atomic E-state index is -0.726. The number of carbonyl (C=O) groups is 1. The maximum Gasteiger partial charge on any atom is 0.338 e. The van der Waals surface area contributed by atoms with Crippen molar-refractivity contribution in [3.05, 3.63) is 57.5 Å². The SMILES string of the molecule is COCC1=C(C(=O)OC)C(c2cccc([N+](=O)[O-])c2)n2ncnc2N1. The number of methoxy groups -OCH3 is 2. The van der Waals surface area contributed by atoms with Crippen LogP contribution in [0.25, 0.3) is 0 Å². The summed E-state index contributed by atoms with van der Waals surface area (Å²) in [7, 11) is 2.76. The Morgan fingerprint density at radius 1 is 1.44 bits per heavy atom. The van der Waals surface area contributed by atoms with Crippen LogP contribution in [0.2, 0.25) is 0 Å². The van der Waals surface area contributed by atoms with Crippen molar-refractivity contribution in [2.75, 3.05) is 26.1 Å². The highest BCUT2D eigenvalue weighted by atomic mass is 16.6. The fourth-order valence-corrected chi connectivity index (χ4v) is 2.74. The molecule has 3 rings (SSSR count). The van der Waals surface area contributed by atoms with E-state index in [1.807, 2.05) is 0 Å². The minimum absolute atomic E-state index is 0.0878. The maximum atomic E-state index is 12.4. The van der Waals surface area contributed by atoms with E-state index in [1.165, 1.54) is 37.4 Å². The van der Waals surface area contributed by atoms with Crippen molar-refractivity contribution < 1.29 is 19.2 Å². The van der Waals surface area contributed by atoms with Crippen LogP contribution in [0.15, 0.2) is 41.9 Å². The van der Waals surface area contributed by atoms with Crippen LogP contribution < -0.4 is 5.32 Å². The van der Waals surface area contributed by atoms with E-state index >= 15 is 0 Å². The molecule has 1 atom stereocenters. The van der Waals surface area contributed by atoms with Gasteiger partial charge in [-0.1, -0.05) is 12.1 Å². The topological polar surface area (TPSA) is 121 Å². The van der Waals surface area contributed by atoms with Gasteiger partial charge in [-0.3, -0.25) is 10.1 Å². The number of carbonyl (C=O) groups excluding carboxylic acids is 1. The molecular formula is C15H15N5O5. The number of non-ortho nitro benzene ring substituents is 1. The van der Waals surface area contributed by atoms with Gasteiger partial charge in [-0.25, -0.2) is 9.48 Å². The highest BCUT2D eigenvalue weighted by Gasteiger charge is 2.35. The van der Waals surface area contributed by atoms with E-state index < -0.39 is 16.9 Å². The zero-order chi connectivity index (χ0) is 18.0. The summed E-state index contributed by atoms with van der Waals surface area (Å²) >= 11 is 0. The third kappa shape index (κ3) is 2.94. The third-order valence-electron chi connectivity index (χ3n) is 3.77. The molecule has 10 nitrogen and oxygen atoms in total. The Morgan fingerprint density at radius 2 is 2.24 bits per heavy atom. The zero-order valence-electron chi connectivity index (χ0n) is 13.5. The minimum Gasteiger partial charge on any atom is -0.466 e. The van der Waals surface area contributed by atoms with Gasteiger partial charge in [-0.05, 0) is 5.56 Å². The number of fused-ring (bicyclic) bond motifs is 1. The van der Waals surface area contributed by atoms with Gasteiger partial charge in [0.2, 0.25) is 5.95 Å². The van der Waals surface area contributed by atoms with Crippen molar-refractivity contribution in [1.29, 1.82) is 0 Å². The normalized spacial score (nSPS) is 16.2. The van der Waals surface area contributed by atoms with Crippen LogP contribution in [0, 0.1) is 10.1 Å². The fraction of sp³-hybridized carbons (Fsp3) is 0.267. The van der Waals surface area contributed by atoms with Gasteiger partial charge in [0.05, 0.1) is 29.9 Å². The summed E-state index contributed by atoms with van der Waals surface area (Å²) in [5.41, 5.74) is 1.14. The number of nitrogens with one attached hydrogen (secondary N) is 1. The molecule has 0 radical (unpaired) electrons. The van der Waals surface area contributed by atoms with E-state index in [2.05, 4.69) is 15.4 Å². The lowest BCUT2D eigenvalue weighted by Crippen LogP contribution is -2.31. The van der Waals surface area contributed by atoms with E-state index in [9.17, 15) is 14.9 Å². The average molecular weight is 345 g/mol. The van der Waals surface area contributed by atoms with Crippen LogP contribution in [0.1, 0.15) is 11.6 Å². The second-order valence-corrected chi connectivity index (χ2v) is 5.22. The summed E-state index contributed by atoms with van der Waals surface area (Å²) in [6.45, 7) is 0.114. The predicted molar refractivity (Wildman–Crippen MR) is 85.8 cm³/mol. The number of aromatic nitrogens is 3. The summed E-state index contributed by atoms with van der Waals surface area (Å²) in [6, 6.07) is 5.29. The molecule has 130 valence electrons. The van der Waals surface area contributed by atoms with Crippen LogP contribution in [0.4, 0.5) is 11.6 Å². The second kappa shape index (κ2) is 6.69. The quantitative estimate of drug-likeness (QED) is 0.488. The van der Waals surface area contributed by atoms with Crippen molar-refractivity contribution in [3.8, 4) is 0 Å². The van der Waals surface area contributed by atoms with Crippen LogP contribution in [-0.2, 0) is 14.3 Å². The first kappa shape index (κ1) is 16.6. The number of nitrogens with zero attached hydrogens (tertiary/aromatic N) is 4. The number of rotatable bonds is 5. The first-order chi connectivity index (χ1) is 12.1. The molecule has 2 heterocycles. The van der Waals surface area contributed by atoms with Gasteiger partial charge in [0.15, 0.2) is 0 Å². The Bertz CT molecular complexity index is 860. The molecule has 1 aromatic carbocycles. The lowest BCUT2D eigenvalue weighted by atomic mass is 9.95. The molecule has 1 aliphatic rings. The van der Waals surface area contributed by atoms with Gasteiger partial charge in [0.25, 0.3) is 5.69 Å². The van der Waals surface area contributed by atoms with Crippen molar-refractivity contribution in [3.63, 3.8) is 0 Å². The molecule has 0 spiro atoms. The summed E-state index contributed by atoms with van der Waals surface area (Å²) < 4.78 is 11.5. The largest absolute Gasteiger partial charge is 0.466 e. The monoisotopic (exact) mass is 345 g/mol. The highest BCUT2D eigenvalue weighted by Crippen LogP contribution is 2.36. The van der Waals surface area contributed by atoms with Gasteiger partial charge >= 0.3 is 5.97 Å². The molecule has 0 saturated heterocycles. The van der Waals surface area contributed by atoms with Crippen molar-refractivity contribution in [2.45, 2.75) is 6.04 Å². The smallest absolute Gasteiger partial charge is 0.338 e. The molecule has 10 heteroatoms. The Balaban J connectivity index is 2.21. The van der Waals surface area contributed by atoms with E-state index in [0.717, 1.165) is 0 Å². The zero-order valence-corrected chi connectivity index (χ0v) is 13.5. The van der Waals surface area contributed by atoms with Crippen molar-refractivity contribution in [1.82, 2.24) is 14.8 Å². The molecule has 0 fully saturated rings. The number of esters is 1. The van der Waals surface area contributed by atoms with Gasteiger partial charge in [-0.2, -0.15) is 10.1 Å². The lowest BCUT2D eigenvalue weighted by molar-refractivity contribution is -0.384. The van der Waals surface area contributed by atoms with Gasteiger partial charge in [0, 0.05) is 19.2 Å². The Morgan fingerprint density at radius 3 is 2.92 bits per heavy atom. The molecule has 0 bridgehead atoms. The number of nitro groups is 1. The number of hydrogen-bond donors (Lipinski definition) is 1. The van der Waals surface area contributed by atoms with E-state index in [-0.39, 0.29) is 17.9 Å². The summed E-state index contributed by atoms with van der Waals surface area (Å²) in [4.78, 5) is 27.1. The molecule has 1 N–H and O–H groups in total.